The molecule has 0 spiro atoms. The molecule has 142 valence electrons. The van der Waals surface area contributed by atoms with Crippen LogP contribution in [0.2, 0.25) is 0 Å². The topological polar surface area (TPSA) is 122 Å². The summed E-state index contributed by atoms with van der Waals surface area (Å²) in [5.74, 6) is -1.65. The summed E-state index contributed by atoms with van der Waals surface area (Å²) in [6, 6.07) is 5.41. The van der Waals surface area contributed by atoms with Crippen molar-refractivity contribution in [3.05, 3.63) is 35.4 Å². The maximum absolute atomic E-state index is 12.5. The third-order valence-electron chi connectivity index (χ3n) is 4.03. The van der Waals surface area contributed by atoms with Crippen molar-refractivity contribution in [2.75, 3.05) is 13.3 Å². The molecule has 26 heavy (non-hydrogen) atoms. The molecule has 0 bridgehead atoms. The van der Waals surface area contributed by atoms with Gasteiger partial charge in [-0.2, -0.15) is 4.31 Å². The number of esters is 1. The first kappa shape index (κ1) is 19.9. The molecule has 0 saturated heterocycles. The Morgan fingerprint density at radius 1 is 1.23 bits per heavy atom. The number of urea groups is 1. The molecule has 1 aliphatic heterocycles. The van der Waals surface area contributed by atoms with Gasteiger partial charge in [0.2, 0.25) is 10.0 Å². The third kappa shape index (κ3) is 4.58. The highest BCUT2D eigenvalue weighted by atomic mass is 32.2. The fourth-order valence-electron chi connectivity index (χ4n) is 2.63. The molecule has 1 aromatic rings. The minimum atomic E-state index is -3.67. The summed E-state index contributed by atoms with van der Waals surface area (Å²) in [7, 11) is -2.34. The van der Waals surface area contributed by atoms with Gasteiger partial charge in [-0.05, 0) is 18.1 Å². The third-order valence-corrected chi connectivity index (χ3v) is 5.27. The Kier molecular flexibility index (Phi) is 5.98. The average Bonchev–Trinajstić information content (AvgIpc) is 2.59. The van der Waals surface area contributed by atoms with Crippen LogP contribution in [0.1, 0.15) is 18.1 Å². The lowest BCUT2D eigenvalue weighted by atomic mass is 9.96. The molecule has 0 radical (unpaired) electrons. The van der Waals surface area contributed by atoms with E-state index in [-0.39, 0.29) is 13.0 Å². The van der Waals surface area contributed by atoms with E-state index < -0.39 is 40.1 Å². The molecular weight excluding hydrogens is 362 g/mol. The second-order valence-electron chi connectivity index (χ2n) is 5.94. The molecule has 0 unspecified atom stereocenters. The number of fused-ring (bicyclic) bond motifs is 1. The van der Waals surface area contributed by atoms with E-state index in [4.69, 9.17) is 4.74 Å². The number of nitrogens with one attached hydrogen (secondary N) is 2. The van der Waals surface area contributed by atoms with Gasteiger partial charge in [0.25, 0.3) is 5.91 Å². The van der Waals surface area contributed by atoms with Crippen molar-refractivity contribution in [3.63, 3.8) is 0 Å². The van der Waals surface area contributed by atoms with Gasteiger partial charge < -0.3 is 10.1 Å². The second kappa shape index (κ2) is 7.83. The van der Waals surface area contributed by atoms with Gasteiger partial charge in [-0.15, -0.1) is 0 Å². The average molecular weight is 383 g/mol. The van der Waals surface area contributed by atoms with E-state index in [1.165, 1.54) is 14.0 Å². The van der Waals surface area contributed by atoms with Crippen molar-refractivity contribution in [2.24, 2.45) is 0 Å². The number of carbonyl (C=O) groups is 3. The first-order valence-corrected chi connectivity index (χ1v) is 9.75. The first-order valence-electron chi connectivity index (χ1n) is 7.90. The van der Waals surface area contributed by atoms with Crippen LogP contribution in [0.15, 0.2) is 24.3 Å². The van der Waals surface area contributed by atoms with Gasteiger partial charge in [-0.3, -0.25) is 14.9 Å². The molecule has 0 aromatic heterocycles. The Balaban J connectivity index is 2.17. The van der Waals surface area contributed by atoms with Crippen molar-refractivity contribution >= 4 is 27.9 Å². The highest BCUT2D eigenvalue weighted by Gasteiger charge is 2.39. The molecule has 3 amide bonds. The van der Waals surface area contributed by atoms with Crippen molar-refractivity contribution < 1.29 is 27.5 Å². The molecule has 2 N–H and O–H groups in total. The molecule has 0 fully saturated rings. The summed E-state index contributed by atoms with van der Waals surface area (Å²) in [6.45, 7) is 1.35. The largest absolute Gasteiger partial charge is 0.451 e. The first-order chi connectivity index (χ1) is 12.1. The van der Waals surface area contributed by atoms with Gasteiger partial charge in [0.05, 0.1) is 6.26 Å². The maximum atomic E-state index is 12.5. The van der Waals surface area contributed by atoms with Gasteiger partial charge in [0, 0.05) is 20.0 Å². The lowest BCUT2D eigenvalue weighted by molar-refractivity contribution is -0.158. The van der Waals surface area contributed by atoms with Crippen molar-refractivity contribution in [1.82, 2.24) is 14.9 Å². The molecule has 1 heterocycles. The van der Waals surface area contributed by atoms with Crippen LogP contribution in [-0.2, 0) is 37.3 Å². The van der Waals surface area contributed by atoms with Crippen LogP contribution in [0.4, 0.5) is 4.79 Å². The van der Waals surface area contributed by atoms with E-state index in [1.54, 1.807) is 18.2 Å². The smallest absolute Gasteiger partial charge is 0.325 e. The van der Waals surface area contributed by atoms with Crippen LogP contribution in [-0.4, -0.2) is 56.1 Å². The lowest BCUT2D eigenvalue weighted by Crippen LogP contribution is -2.51. The van der Waals surface area contributed by atoms with Gasteiger partial charge in [-0.1, -0.05) is 24.3 Å². The quantitative estimate of drug-likeness (QED) is 0.692. The number of nitrogens with zero attached hydrogens (tertiary/aromatic N) is 1. The number of sulfonamides is 1. The van der Waals surface area contributed by atoms with Crippen molar-refractivity contribution in [2.45, 2.75) is 32.0 Å². The highest BCUT2D eigenvalue weighted by molar-refractivity contribution is 7.88. The number of carbonyl (C=O) groups excluding carboxylic acids is 3. The number of amides is 3. The Morgan fingerprint density at radius 3 is 2.42 bits per heavy atom. The zero-order chi connectivity index (χ0) is 19.5. The summed E-state index contributed by atoms with van der Waals surface area (Å²) >= 11 is 0. The van der Waals surface area contributed by atoms with Gasteiger partial charge >= 0.3 is 12.0 Å². The molecule has 2 atom stereocenters. The molecule has 1 aliphatic rings. The van der Waals surface area contributed by atoms with Gasteiger partial charge in [0.1, 0.15) is 6.04 Å². The fourth-order valence-corrected chi connectivity index (χ4v) is 3.63. The van der Waals surface area contributed by atoms with E-state index in [1.807, 2.05) is 11.4 Å². The molecule has 9 nitrogen and oxygen atoms in total. The zero-order valence-electron chi connectivity index (χ0n) is 14.7. The van der Waals surface area contributed by atoms with Gasteiger partial charge in [0.15, 0.2) is 6.10 Å². The number of hydrogen-bond acceptors (Lipinski definition) is 6. The summed E-state index contributed by atoms with van der Waals surface area (Å²) in [5, 5.41) is 4.20. The Bertz CT molecular complexity index is 823. The van der Waals surface area contributed by atoms with Crippen LogP contribution in [0.3, 0.4) is 0 Å². The predicted molar refractivity (Wildman–Crippen MR) is 92.5 cm³/mol. The lowest BCUT2D eigenvalue weighted by Gasteiger charge is -2.33. The van der Waals surface area contributed by atoms with E-state index in [9.17, 15) is 22.8 Å². The number of imide groups is 1. The van der Waals surface area contributed by atoms with E-state index in [2.05, 4.69) is 5.32 Å². The fraction of sp³-hybridized carbons (Fsp3) is 0.438. The Labute approximate surface area is 151 Å². The summed E-state index contributed by atoms with van der Waals surface area (Å²) < 4.78 is 30.4. The predicted octanol–water partition coefficient (Wildman–Crippen LogP) is -0.240. The Morgan fingerprint density at radius 2 is 1.85 bits per heavy atom. The molecular formula is C16H21N3O6S. The van der Waals surface area contributed by atoms with Crippen LogP contribution in [0, 0.1) is 0 Å². The molecule has 1 aromatic carbocycles. The number of benzene rings is 1. The van der Waals surface area contributed by atoms with Gasteiger partial charge in [-0.25, -0.2) is 13.2 Å². The Hall–Kier alpha value is -2.46. The number of ether oxygens (including phenoxy) is 1. The second-order valence-corrected chi connectivity index (χ2v) is 7.88. The van der Waals surface area contributed by atoms with Crippen molar-refractivity contribution in [1.29, 1.82) is 0 Å². The van der Waals surface area contributed by atoms with Crippen LogP contribution < -0.4 is 10.6 Å². The molecule has 10 heteroatoms. The van der Waals surface area contributed by atoms with Crippen LogP contribution >= 0.6 is 0 Å². The maximum Gasteiger partial charge on any atom is 0.325 e. The van der Waals surface area contributed by atoms with Crippen molar-refractivity contribution in [3.8, 4) is 0 Å². The summed E-state index contributed by atoms with van der Waals surface area (Å²) in [5.41, 5.74) is 1.66. The standard InChI is InChI=1S/C16H21N3O6S/c1-10(14(20)18-16(22)17-2)25-15(21)13-8-11-6-4-5-7-12(11)9-19(13)26(3,23)24/h4-7,10,13H,8-9H2,1-3H3,(H2,17,18,20,22)/t10-,13+/m1/s1. The number of rotatable bonds is 4. The minimum absolute atomic E-state index is 0.0492. The molecule has 0 aliphatic carbocycles. The highest BCUT2D eigenvalue weighted by Crippen LogP contribution is 2.26. The summed E-state index contributed by atoms with van der Waals surface area (Å²) in [6.07, 6.45) is -0.0900. The normalized spacial score (nSPS) is 18.3. The zero-order valence-corrected chi connectivity index (χ0v) is 15.5. The summed E-state index contributed by atoms with van der Waals surface area (Å²) in [4.78, 5) is 35.5. The molecule has 0 saturated carbocycles. The van der Waals surface area contributed by atoms with E-state index >= 15 is 0 Å². The monoisotopic (exact) mass is 383 g/mol. The van der Waals surface area contributed by atoms with E-state index in [0.717, 1.165) is 21.7 Å². The minimum Gasteiger partial charge on any atom is -0.451 e. The molecule has 2 rings (SSSR count). The SMILES string of the molecule is CNC(=O)NC(=O)[C@@H](C)OC(=O)[C@@H]1Cc2ccccc2CN1S(C)(=O)=O. The van der Waals surface area contributed by atoms with Crippen LogP contribution in [0.25, 0.3) is 0 Å². The van der Waals surface area contributed by atoms with Crippen LogP contribution in [0.5, 0.6) is 0 Å². The number of hydrogen-bond donors (Lipinski definition) is 2. The van der Waals surface area contributed by atoms with E-state index in [0.29, 0.717) is 0 Å².